The Hall–Kier alpha value is -1.39. The molecule has 0 aliphatic carbocycles. The predicted octanol–water partition coefficient (Wildman–Crippen LogP) is 2.11. The number of aryl methyl sites for hydroxylation is 1. The molecule has 2 aliphatic heterocycles. The number of imidazole rings is 1. The SMILES string of the molecule is Cn1c(CC2(O)CCN3CCCC3C2)nc2ccccc21. The molecule has 4 nitrogen and oxygen atoms in total. The molecule has 112 valence electrons. The first-order valence-corrected chi connectivity index (χ1v) is 8.01. The van der Waals surface area contributed by atoms with Crippen LogP contribution in [0.3, 0.4) is 0 Å². The predicted molar refractivity (Wildman–Crippen MR) is 83.2 cm³/mol. The minimum absolute atomic E-state index is 0.582. The van der Waals surface area contributed by atoms with E-state index in [1.807, 2.05) is 18.2 Å². The molecule has 2 atom stereocenters. The van der Waals surface area contributed by atoms with E-state index in [1.54, 1.807) is 0 Å². The zero-order valence-electron chi connectivity index (χ0n) is 12.6. The van der Waals surface area contributed by atoms with Crippen LogP contribution in [0.5, 0.6) is 0 Å². The monoisotopic (exact) mass is 285 g/mol. The fourth-order valence-electron chi connectivity index (χ4n) is 4.12. The molecule has 0 spiro atoms. The lowest BCUT2D eigenvalue weighted by Gasteiger charge is -2.40. The zero-order valence-corrected chi connectivity index (χ0v) is 12.6. The van der Waals surface area contributed by atoms with Crippen molar-refractivity contribution in [2.75, 3.05) is 13.1 Å². The maximum absolute atomic E-state index is 11.0. The van der Waals surface area contributed by atoms with Crippen molar-refractivity contribution in [2.45, 2.75) is 43.7 Å². The van der Waals surface area contributed by atoms with Crippen molar-refractivity contribution in [3.63, 3.8) is 0 Å². The molecule has 2 saturated heterocycles. The Morgan fingerprint density at radius 1 is 1.33 bits per heavy atom. The number of benzene rings is 1. The molecule has 1 aromatic heterocycles. The molecule has 2 aromatic rings. The summed E-state index contributed by atoms with van der Waals surface area (Å²) in [5.41, 5.74) is 1.59. The van der Waals surface area contributed by atoms with Gasteiger partial charge in [0, 0.05) is 26.1 Å². The summed E-state index contributed by atoms with van der Waals surface area (Å²) in [7, 11) is 2.05. The number of hydrogen-bond acceptors (Lipinski definition) is 3. The van der Waals surface area contributed by atoms with Crippen LogP contribution in [0, 0.1) is 0 Å². The Kier molecular flexibility index (Phi) is 3.05. The van der Waals surface area contributed by atoms with E-state index in [-0.39, 0.29) is 0 Å². The Morgan fingerprint density at radius 3 is 3.05 bits per heavy atom. The topological polar surface area (TPSA) is 41.3 Å². The summed E-state index contributed by atoms with van der Waals surface area (Å²) in [6.45, 7) is 2.25. The second kappa shape index (κ2) is 4.82. The summed E-state index contributed by atoms with van der Waals surface area (Å²) in [5.74, 6) is 1.00. The molecule has 0 saturated carbocycles. The van der Waals surface area contributed by atoms with Crippen molar-refractivity contribution in [2.24, 2.45) is 7.05 Å². The smallest absolute Gasteiger partial charge is 0.112 e. The van der Waals surface area contributed by atoms with Crippen molar-refractivity contribution in [1.82, 2.24) is 14.5 Å². The van der Waals surface area contributed by atoms with E-state index in [4.69, 9.17) is 4.98 Å². The molecule has 0 bridgehead atoms. The molecule has 21 heavy (non-hydrogen) atoms. The summed E-state index contributed by atoms with van der Waals surface area (Å²) >= 11 is 0. The van der Waals surface area contributed by atoms with Gasteiger partial charge in [0.25, 0.3) is 0 Å². The van der Waals surface area contributed by atoms with Gasteiger partial charge in [-0.05, 0) is 44.4 Å². The number of aromatic nitrogens is 2. The molecule has 4 rings (SSSR count). The van der Waals surface area contributed by atoms with Gasteiger partial charge >= 0.3 is 0 Å². The number of fused-ring (bicyclic) bond motifs is 2. The van der Waals surface area contributed by atoms with E-state index >= 15 is 0 Å². The van der Waals surface area contributed by atoms with E-state index in [0.29, 0.717) is 12.5 Å². The number of aliphatic hydroxyl groups is 1. The zero-order chi connectivity index (χ0) is 14.4. The first-order valence-electron chi connectivity index (χ1n) is 8.01. The van der Waals surface area contributed by atoms with Gasteiger partial charge < -0.3 is 14.6 Å². The second-order valence-electron chi connectivity index (χ2n) is 6.76. The van der Waals surface area contributed by atoms with Gasteiger partial charge in [-0.3, -0.25) is 0 Å². The molecule has 2 unspecified atom stereocenters. The minimum Gasteiger partial charge on any atom is -0.389 e. The molecular weight excluding hydrogens is 262 g/mol. The molecule has 1 N–H and O–H groups in total. The molecule has 0 radical (unpaired) electrons. The average Bonchev–Trinajstić information content (AvgIpc) is 3.04. The lowest BCUT2D eigenvalue weighted by atomic mass is 9.84. The van der Waals surface area contributed by atoms with Crippen molar-refractivity contribution in [3.05, 3.63) is 30.1 Å². The third-order valence-corrected chi connectivity index (χ3v) is 5.35. The van der Waals surface area contributed by atoms with Gasteiger partial charge in [-0.2, -0.15) is 0 Å². The lowest BCUT2D eigenvalue weighted by molar-refractivity contribution is -0.0370. The number of piperidine rings is 1. The van der Waals surface area contributed by atoms with E-state index in [1.165, 1.54) is 19.4 Å². The summed E-state index contributed by atoms with van der Waals surface area (Å²) < 4.78 is 2.13. The Morgan fingerprint density at radius 2 is 2.19 bits per heavy atom. The highest BCUT2D eigenvalue weighted by molar-refractivity contribution is 5.75. The quantitative estimate of drug-likeness (QED) is 0.919. The third kappa shape index (κ3) is 2.27. The number of para-hydroxylation sites is 2. The minimum atomic E-state index is -0.583. The van der Waals surface area contributed by atoms with Crippen molar-refractivity contribution >= 4 is 11.0 Å². The van der Waals surface area contributed by atoms with Gasteiger partial charge in [-0.15, -0.1) is 0 Å². The molecular formula is C17H23N3O. The highest BCUT2D eigenvalue weighted by atomic mass is 16.3. The Bertz CT molecular complexity index is 665. The van der Waals surface area contributed by atoms with Gasteiger partial charge in [0.15, 0.2) is 0 Å². The first-order chi connectivity index (χ1) is 10.1. The molecule has 1 aromatic carbocycles. The summed E-state index contributed by atoms with van der Waals surface area (Å²) in [5, 5.41) is 11.0. The van der Waals surface area contributed by atoms with Crippen LogP contribution in [0.4, 0.5) is 0 Å². The van der Waals surface area contributed by atoms with Crippen LogP contribution in [0.15, 0.2) is 24.3 Å². The summed E-state index contributed by atoms with van der Waals surface area (Å²) in [6, 6.07) is 8.78. The molecule has 3 heterocycles. The number of nitrogens with zero attached hydrogens (tertiary/aromatic N) is 3. The maximum atomic E-state index is 11.0. The molecule has 0 amide bonds. The van der Waals surface area contributed by atoms with Crippen LogP contribution in [0.2, 0.25) is 0 Å². The van der Waals surface area contributed by atoms with Gasteiger partial charge in [-0.25, -0.2) is 4.98 Å². The third-order valence-electron chi connectivity index (χ3n) is 5.35. The van der Waals surface area contributed by atoms with Crippen molar-refractivity contribution < 1.29 is 5.11 Å². The Balaban J connectivity index is 1.60. The second-order valence-corrected chi connectivity index (χ2v) is 6.76. The Labute approximate surface area is 125 Å². The van der Waals surface area contributed by atoms with E-state index < -0.39 is 5.60 Å². The summed E-state index contributed by atoms with van der Waals surface area (Å²) in [4.78, 5) is 7.27. The van der Waals surface area contributed by atoms with E-state index in [0.717, 1.165) is 36.2 Å². The largest absolute Gasteiger partial charge is 0.389 e. The van der Waals surface area contributed by atoms with Gasteiger partial charge in [-0.1, -0.05) is 12.1 Å². The van der Waals surface area contributed by atoms with Crippen LogP contribution in [0.1, 0.15) is 31.5 Å². The normalized spacial score (nSPS) is 29.9. The van der Waals surface area contributed by atoms with Gasteiger partial charge in [0.2, 0.25) is 0 Å². The van der Waals surface area contributed by atoms with Crippen LogP contribution in [0.25, 0.3) is 11.0 Å². The fraction of sp³-hybridized carbons (Fsp3) is 0.588. The van der Waals surface area contributed by atoms with Crippen LogP contribution >= 0.6 is 0 Å². The highest BCUT2D eigenvalue weighted by Gasteiger charge is 2.40. The molecule has 4 heteroatoms. The molecule has 2 aliphatic rings. The highest BCUT2D eigenvalue weighted by Crippen LogP contribution is 2.35. The molecule has 2 fully saturated rings. The maximum Gasteiger partial charge on any atom is 0.112 e. The van der Waals surface area contributed by atoms with Crippen molar-refractivity contribution in [1.29, 1.82) is 0 Å². The summed E-state index contributed by atoms with van der Waals surface area (Å²) in [6.07, 6.45) is 4.96. The fourth-order valence-corrected chi connectivity index (χ4v) is 4.12. The average molecular weight is 285 g/mol. The van der Waals surface area contributed by atoms with Crippen molar-refractivity contribution in [3.8, 4) is 0 Å². The van der Waals surface area contributed by atoms with E-state index in [9.17, 15) is 5.11 Å². The standard InChI is InChI=1S/C17H23N3O/c1-19-15-7-3-2-6-14(15)18-16(19)12-17(21)8-10-20-9-4-5-13(20)11-17/h2-3,6-7,13,21H,4-5,8-12H2,1H3. The van der Waals surface area contributed by atoms with Crippen LogP contribution in [-0.4, -0.2) is 44.3 Å². The first kappa shape index (κ1) is 13.3. The number of rotatable bonds is 2. The van der Waals surface area contributed by atoms with E-state index in [2.05, 4.69) is 22.6 Å². The number of hydrogen-bond donors (Lipinski definition) is 1. The van der Waals surface area contributed by atoms with Gasteiger partial charge in [0.1, 0.15) is 5.82 Å². The van der Waals surface area contributed by atoms with Gasteiger partial charge in [0.05, 0.1) is 16.6 Å². The van der Waals surface area contributed by atoms with Crippen LogP contribution < -0.4 is 0 Å². The lowest BCUT2D eigenvalue weighted by Crippen LogP contribution is -2.49. The van der Waals surface area contributed by atoms with Crippen LogP contribution in [-0.2, 0) is 13.5 Å².